The molecule has 0 spiro atoms. The van der Waals surface area contributed by atoms with Gasteiger partial charge >= 0.3 is 0 Å². The molecule has 0 radical (unpaired) electrons. The Hall–Kier alpha value is -0.0400. The predicted octanol–water partition coefficient (Wildman–Crippen LogP) is 2.98. The molecule has 0 heterocycles. The third kappa shape index (κ3) is 3.24. The second kappa shape index (κ2) is 5.59. The maximum Gasteiger partial charge on any atom is 0.0487 e. The molecule has 0 aliphatic rings. The topological polar surface area (TPSA) is 20.2 Å². The van der Waals surface area contributed by atoms with Crippen molar-refractivity contribution in [2.24, 2.45) is 5.41 Å². The van der Waals surface area contributed by atoms with Crippen molar-refractivity contribution in [3.63, 3.8) is 0 Å². The smallest absolute Gasteiger partial charge is 0.0487 e. The summed E-state index contributed by atoms with van der Waals surface area (Å²) in [4.78, 5) is 0. The number of aliphatic hydroxyl groups is 1. The number of rotatable bonds is 6. The van der Waals surface area contributed by atoms with E-state index in [-0.39, 0.29) is 5.41 Å². The first-order chi connectivity index (χ1) is 5.24. The van der Waals surface area contributed by atoms with Crippen molar-refractivity contribution in [1.82, 2.24) is 0 Å². The quantitative estimate of drug-likeness (QED) is 0.630. The average molecular weight is 158 g/mol. The maximum absolute atomic E-state index is 9.20. The molecular formula is C10H22O. The molecule has 0 aromatic heterocycles. The van der Waals surface area contributed by atoms with E-state index in [1.807, 2.05) is 0 Å². The third-order valence-corrected chi connectivity index (χ3v) is 2.90. The van der Waals surface area contributed by atoms with Crippen LogP contribution in [0.5, 0.6) is 0 Å². The van der Waals surface area contributed by atoms with Crippen molar-refractivity contribution in [2.75, 3.05) is 6.61 Å². The Bertz CT molecular complexity index is 76.6. The summed E-state index contributed by atoms with van der Waals surface area (Å²) in [6, 6.07) is 0. The fourth-order valence-electron chi connectivity index (χ4n) is 1.46. The molecule has 0 rings (SSSR count). The van der Waals surface area contributed by atoms with Gasteiger partial charge in [-0.25, -0.2) is 0 Å². The van der Waals surface area contributed by atoms with E-state index in [0.717, 1.165) is 12.8 Å². The van der Waals surface area contributed by atoms with E-state index in [1.54, 1.807) is 0 Å². The van der Waals surface area contributed by atoms with Crippen molar-refractivity contribution in [3.8, 4) is 0 Å². The Kier molecular flexibility index (Phi) is 5.57. The zero-order valence-corrected chi connectivity index (χ0v) is 8.19. The molecule has 0 aromatic carbocycles. The highest BCUT2D eigenvalue weighted by atomic mass is 16.3. The highest BCUT2D eigenvalue weighted by molar-refractivity contribution is 4.74. The van der Waals surface area contributed by atoms with Gasteiger partial charge < -0.3 is 5.11 Å². The van der Waals surface area contributed by atoms with Crippen LogP contribution in [0.15, 0.2) is 0 Å². The van der Waals surface area contributed by atoms with Crippen LogP contribution in [0.25, 0.3) is 0 Å². The standard InChI is InChI=1S/C10H22O/c1-4-7-8-10(5-2,6-3)9-11/h11H,4-9H2,1-3H3. The van der Waals surface area contributed by atoms with Crippen LogP contribution >= 0.6 is 0 Å². The van der Waals surface area contributed by atoms with E-state index < -0.39 is 0 Å². The lowest BCUT2D eigenvalue weighted by Crippen LogP contribution is -2.23. The van der Waals surface area contributed by atoms with Crippen LogP contribution in [0.2, 0.25) is 0 Å². The summed E-state index contributed by atoms with van der Waals surface area (Å²) in [6.45, 7) is 6.91. The lowest BCUT2D eigenvalue weighted by Gasteiger charge is -2.29. The maximum atomic E-state index is 9.20. The second-order valence-corrected chi connectivity index (χ2v) is 3.47. The molecule has 1 heteroatoms. The number of hydrogen-bond donors (Lipinski definition) is 1. The van der Waals surface area contributed by atoms with Gasteiger partial charge in [-0.15, -0.1) is 0 Å². The number of hydrogen-bond acceptors (Lipinski definition) is 1. The molecule has 1 N–H and O–H groups in total. The van der Waals surface area contributed by atoms with Gasteiger partial charge in [-0.1, -0.05) is 33.6 Å². The Morgan fingerprint density at radius 1 is 1.09 bits per heavy atom. The predicted molar refractivity (Wildman–Crippen MR) is 49.6 cm³/mol. The van der Waals surface area contributed by atoms with Gasteiger partial charge in [0.2, 0.25) is 0 Å². The molecule has 0 unspecified atom stereocenters. The molecule has 0 aromatic rings. The first-order valence-electron chi connectivity index (χ1n) is 4.85. The van der Waals surface area contributed by atoms with Gasteiger partial charge in [0.15, 0.2) is 0 Å². The van der Waals surface area contributed by atoms with E-state index in [9.17, 15) is 5.11 Å². The van der Waals surface area contributed by atoms with E-state index in [2.05, 4.69) is 20.8 Å². The van der Waals surface area contributed by atoms with Gasteiger partial charge in [0.25, 0.3) is 0 Å². The summed E-state index contributed by atoms with van der Waals surface area (Å²) in [5, 5.41) is 9.20. The molecule has 0 atom stereocenters. The van der Waals surface area contributed by atoms with E-state index in [0.29, 0.717) is 6.61 Å². The van der Waals surface area contributed by atoms with Crippen LogP contribution in [0, 0.1) is 5.41 Å². The minimum atomic E-state index is 0.232. The van der Waals surface area contributed by atoms with E-state index in [1.165, 1.54) is 19.3 Å². The lowest BCUT2D eigenvalue weighted by atomic mass is 9.79. The van der Waals surface area contributed by atoms with Crippen molar-refractivity contribution >= 4 is 0 Å². The van der Waals surface area contributed by atoms with Crippen molar-refractivity contribution in [1.29, 1.82) is 0 Å². The van der Waals surface area contributed by atoms with Crippen LogP contribution in [0.1, 0.15) is 52.9 Å². The monoisotopic (exact) mass is 158 g/mol. The van der Waals surface area contributed by atoms with Crippen LogP contribution < -0.4 is 0 Å². The van der Waals surface area contributed by atoms with Gasteiger partial charge in [-0.3, -0.25) is 0 Å². The third-order valence-electron chi connectivity index (χ3n) is 2.90. The molecule has 0 amide bonds. The number of aliphatic hydroxyl groups excluding tert-OH is 1. The first kappa shape index (κ1) is 11.0. The van der Waals surface area contributed by atoms with Crippen LogP contribution in [-0.4, -0.2) is 11.7 Å². The molecule has 1 nitrogen and oxygen atoms in total. The molecule has 0 saturated heterocycles. The molecule has 68 valence electrons. The average Bonchev–Trinajstić information content (AvgIpc) is 2.08. The Morgan fingerprint density at radius 3 is 1.91 bits per heavy atom. The Balaban J connectivity index is 3.84. The van der Waals surface area contributed by atoms with Gasteiger partial charge in [0.05, 0.1) is 0 Å². The van der Waals surface area contributed by atoms with Crippen molar-refractivity contribution < 1.29 is 5.11 Å². The number of unbranched alkanes of at least 4 members (excludes halogenated alkanes) is 1. The molecule has 0 aliphatic heterocycles. The summed E-state index contributed by atoms with van der Waals surface area (Å²) in [5.41, 5.74) is 0.232. The summed E-state index contributed by atoms with van der Waals surface area (Å²) in [5.74, 6) is 0. The second-order valence-electron chi connectivity index (χ2n) is 3.47. The highest BCUT2D eigenvalue weighted by Crippen LogP contribution is 2.31. The lowest BCUT2D eigenvalue weighted by molar-refractivity contribution is 0.103. The minimum absolute atomic E-state index is 0.232. The summed E-state index contributed by atoms with van der Waals surface area (Å²) in [7, 11) is 0. The summed E-state index contributed by atoms with van der Waals surface area (Å²) < 4.78 is 0. The summed E-state index contributed by atoms with van der Waals surface area (Å²) in [6.07, 6.45) is 5.90. The van der Waals surface area contributed by atoms with E-state index >= 15 is 0 Å². The molecular weight excluding hydrogens is 136 g/mol. The van der Waals surface area contributed by atoms with Crippen LogP contribution in [0.3, 0.4) is 0 Å². The molecule has 0 bridgehead atoms. The van der Waals surface area contributed by atoms with Gasteiger partial charge in [-0.05, 0) is 24.7 Å². The summed E-state index contributed by atoms with van der Waals surface area (Å²) >= 11 is 0. The fourth-order valence-corrected chi connectivity index (χ4v) is 1.46. The van der Waals surface area contributed by atoms with Gasteiger partial charge in [0, 0.05) is 6.61 Å². The van der Waals surface area contributed by atoms with Crippen molar-refractivity contribution in [3.05, 3.63) is 0 Å². The largest absolute Gasteiger partial charge is 0.396 e. The minimum Gasteiger partial charge on any atom is -0.396 e. The van der Waals surface area contributed by atoms with Crippen LogP contribution in [-0.2, 0) is 0 Å². The molecule has 11 heavy (non-hydrogen) atoms. The Morgan fingerprint density at radius 2 is 1.64 bits per heavy atom. The van der Waals surface area contributed by atoms with Gasteiger partial charge in [-0.2, -0.15) is 0 Å². The zero-order valence-electron chi connectivity index (χ0n) is 8.19. The van der Waals surface area contributed by atoms with Gasteiger partial charge in [0.1, 0.15) is 0 Å². The Labute approximate surface area is 70.8 Å². The normalized spacial score (nSPS) is 12.0. The SMILES string of the molecule is CCCCC(CC)(CC)CO. The first-order valence-corrected chi connectivity index (χ1v) is 4.85. The molecule has 0 fully saturated rings. The highest BCUT2D eigenvalue weighted by Gasteiger charge is 2.23. The zero-order chi connectivity index (χ0) is 8.74. The fraction of sp³-hybridized carbons (Fsp3) is 1.00. The molecule has 0 aliphatic carbocycles. The molecule has 0 saturated carbocycles. The van der Waals surface area contributed by atoms with E-state index in [4.69, 9.17) is 0 Å². The van der Waals surface area contributed by atoms with Crippen LogP contribution in [0.4, 0.5) is 0 Å². The van der Waals surface area contributed by atoms with Crippen molar-refractivity contribution in [2.45, 2.75) is 52.9 Å².